The molecule has 4 nitrogen and oxygen atoms in total. The molecule has 106 valence electrons. The van der Waals surface area contributed by atoms with Crippen LogP contribution in [0.2, 0.25) is 5.02 Å². The molecule has 1 N–H and O–H groups in total. The van der Waals surface area contributed by atoms with Gasteiger partial charge in [0.1, 0.15) is 0 Å². The standard InChI is InChI=1S/C15H18ClN3O/c16-12-2-1-3-13(8-12)17-14-9-15(20-18-14)10-19-6-4-11(15)5-7-19/h1-3,8,11H,4-7,9-10H2,(H,17,18). The molecule has 0 aliphatic carbocycles. The van der Waals surface area contributed by atoms with Crippen LogP contribution in [0.3, 0.4) is 0 Å². The predicted molar refractivity (Wildman–Crippen MR) is 80.1 cm³/mol. The summed E-state index contributed by atoms with van der Waals surface area (Å²) in [6.45, 7) is 3.45. The van der Waals surface area contributed by atoms with Crippen LogP contribution in [0.15, 0.2) is 29.4 Å². The first-order valence-corrected chi connectivity index (χ1v) is 7.61. The van der Waals surface area contributed by atoms with Gasteiger partial charge in [0.25, 0.3) is 0 Å². The minimum absolute atomic E-state index is 0.0859. The van der Waals surface area contributed by atoms with E-state index >= 15 is 0 Å². The normalized spacial score (nSPS) is 35.0. The number of benzene rings is 1. The fraction of sp³-hybridized carbons (Fsp3) is 0.533. The SMILES string of the molecule is Clc1cccc(NC2=NOC3(C2)CN2CCC3CC2)c1. The van der Waals surface area contributed by atoms with Crippen LogP contribution in [0.4, 0.5) is 5.69 Å². The molecule has 4 aliphatic rings. The zero-order valence-electron chi connectivity index (χ0n) is 11.3. The molecule has 4 heterocycles. The Kier molecular flexibility index (Phi) is 2.89. The van der Waals surface area contributed by atoms with E-state index in [2.05, 4.69) is 15.4 Å². The molecule has 5 rings (SSSR count). The number of nitrogens with zero attached hydrogens (tertiary/aromatic N) is 2. The van der Waals surface area contributed by atoms with Gasteiger partial charge in [-0.2, -0.15) is 0 Å². The number of fused-ring (bicyclic) bond motifs is 2. The third kappa shape index (κ3) is 2.07. The van der Waals surface area contributed by atoms with Crippen LogP contribution < -0.4 is 5.32 Å². The van der Waals surface area contributed by atoms with E-state index in [1.165, 1.54) is 25.9 Å². The van der Waals surface area contributed by atoms with Crippen molar-refractivity contribution in [3.05, 3.63) is 29.3 Å². The van der Waals surface area contributed by atoms with Crippen LogP contribution >= 0.6 is 11.6 Å². The summed E-state index contributed by atoms with van der Waals surface area (Å²) in [4.78, 5) is 8.38. The first-order chi connectivity index (χ1) is 9.73. The molecule has 4 aliphatic heterocycles. The molecule has 0 radical (unpaired) electrons. The molecule has 1 atom stereocenters. The molecule has 3 saturated heterocycles. The van der Waals surface area contributed by atoms with Gasteiger partial charge in [0.05, 0.1) is 6.42 Å². The van der Waals surface area contributed by atoms with Crippen molar-refractivity contribution in [1.29, 1.82) is 0 Å². The van der Waals surface area contributed by atoms with Crippen LogP contribution in [0, 0.1) is 5.92 Å². The van der Waals surface area contributed by atoms with Crippen molar-refractivity contribution in [2.24, 2.45) is 11.1 Å². The van der Waals surface area contributed by atoms with Gasteiger partial charge in [-0.05, 0) is 44.1 Å². The average Bonchev–Trinajstić information content (AvgIpc) is 2.83. The second kappa shape index (κ2) is 4.64. The van der Waals surface area contributed by atoms with E-state index in [1.54, 1.807) is 0 Å². The summed E-state index contributed by atoms with van der Waals surface area (Å²) in [5, 5.41) is 8.36. The highest BCUT2D eigenvalue weighted by Crippen LogP contribution is 2.43. The highest BCUT2D eigenvalue weighted by atomic mass is 35.5. The summed E-state index contributed by atoms with van der Waals surface area (Å²) in [5.74, 6) is 1.57. The van der Waals surface area contributed by atoms with E-state index in [4.69, 9.17) is 16.4 Å². The Morgan fingerprint density at radius 2 is 2.20 bits per heavy atom. The van der Waals surface area contributed by atoms with Crippen LogP contribution in [-0.2, 0) is 4.84 Å². The summed E-state index contributed by atoms with van der Waals surface area (Å²) < 4.78 is 0. The van der Waals surface area contributed by atoms with Gasteiger partial charge in [0.15, 0.2) is 11.4 Å². The van der Waals surface area contributed by atoms with E-state index in [0.717, 1.165) is 29.5 Å². The lowest BCUT2D eigenvalue weighted by atomic mass is 9.73. The lowest BCUT2D eigenvalue weighted by Gasteiger charge is -2.49. The Morgan fingerprint density at radius 3 is 2.90 bits per heavy atom. The van der Waals surface area contributed by atoms with Crippen molar-refractivity contribution >= 4 is 23.1 Å². The van der Waals surface area contributed by atoms with Crippen molar-refractivity contribution in [1.82, 2.24) is 4.90 Å². The van der Waals surface area contributed by atoms with Crippen molar-refractivity contribution in [3.63, 3.8) is 0 Å². The molecule has 1 aromatic carbocycles. The first kappa shape index (κ1) is 12.5. The van der Waals surface area contributed by atoms with Gasteiger partial charge in [-0.25, -0.2) is 0 Å². The van der Waals surface area contributed by atoms with Crippen molar-refractivity contribution in [2.45, 2.75) is 24.9 Å². The van der Waals surface area contributed by atoms with Crippen molar-refractivity contribution in [2.75, 3.05) is 25.0 Å². The van der Waals surface area contributed by atoms with Crippen LogP contribution in [-0.4, -0.2) is 36.0 Å². The molecule has 1 unspecified atom stereocenters. The van der Waals surface area contributed by atoms with Gasteiger partial charge >= 0.3 is 0 Å². The topological polar surface area (TPSA) is 36.9 Å². The zero-order valence-corrected chi connectivity index (χ0v) is 12.1. The molecule has 0 saturated carbocycles. The Bertz CT molecular complexity index is 554. The van der Waals surface area contributed by atoms with Crippen molar-refractivity contribution in [3.8, 4) is 0 Å². The van der Waals surface area contributed by atoms with E-state index in [1.807, 2.05) is 24.3 Å². The number of halogens is 1. The lowest BCUT2D eigenvalue weighted by Crippen LogP contribution is -2.59. The Labute approximate surface area is 123 Å². The molecular weight excluding hydrogens is 274 g/mol. The summed E-state index contributed by atoms with van der Waals surface area (Å²) in [6.07, 6.45) is 3.35. The second-order valence-corrected chi connectivity index (χ2v) is 6.49. The predicted octanol–water partition coefficient (Wildman–Crippen LogP) is 2.95. The number of oxime groups is 1. The number of amidine groups is 1. The third-order valence-corrected chi connectivity index (χ3v) is 4.98. The first-order valence-electron chi connectivity index (χ1n) is 7.24. The molecule has 0 aromatic heterocycles. The van der Waals surface area contributed by atoms with Crippen LogP contribution in [0.1, 0.15) is 19.3 Å². The van der Waals surface area contributed by atoms with Gasteiger partial charge in [0, 0.05) is 23.2 Å². The smallest absolute Gasteiger partial charge is 0.160 e. The summed E-state index contributed by atoms with van der Waals surface area (Å²) in [5.41, 5.74) is 0.885. The van der Waals surface area contributed by atoms with E-state index in [-0.39, 0.29) is 5.60 Å². The highest BCUT2D eigenvalue weighted by molar-refractivity contribution is 6.30. The van der Waals surface area contributed by atoms with Gasteiger partial charge in [0.2, 0.25) is 0 Å². The van der Waals surface area contributed by atoms with E-state index in [9.17, 15) is 0 Å². The average molecular weight is 292 g/mol. The van der Waals surface area contributed by atoms with Gasteiger partial charge in [-0.15, -0.1) is 0 Å². The number of hydrogen-bond donors (Lipinski definition) is 1. The minimum atomic E-state index is -0.0859. The number of rotatable bonds is 1. The second-order valence-electron chi connectivity index (χ2n) is 6.06. The summed E-state index contributed by atoms with van der Waals surface area (Å²) in [7, 11) is 0. The maximum absolute atomic E-state index is 6.01. The third-order valence-electron chi connectivity index (χ3n) is 4.74. The molecule has 1 aromatic rings. The fourth-order valence-electron chi connectivity index (χ4n) is 3.72. The minimum Gasteiger partial charge on any atom is -0.386 e. The van der Waals surface area contributed by atoms with E-state index < -0.39 is 0 Å². The van der Waals surface area contributed by atoms with Crippen molar-refractivity contribution < 1.29 is 4.84 Å². The number of piperidine rings is 3. The Balaban J connectivity index is 1.48. The Hall–Kier alpha value is -1.26. The Morgan fingerprint density at radius 1 is 1.35 bits per heavy atom. The molecule has 20 heavy (non-hydrogen) atoms. The molecule has 1 spiro atoms. The van der Waals surface area contributed by atoms with Crippen LogP contribution in [0.5, 0.6) is 0 Å². The van der Waals surface area contributed by atoms with Gasteiger partial charge < -0.3 is 10.2 Å². The quantitative estimate of drug-likeness (QED) is 0.864. The lowest BCUT2D eigenvalue weighted by molar-refractivity contribution is -0.136. The number of hydrogen-bond acceptors (Lipinski definition) is 4. The fourth-order valence-corrected chi connectivity index (χ4v) is 3.91. The number of nitrogens with one attached hydrogen (secondary N) is 1. The monoisotopic (exact) mass is 291 g/mol. The van der Waals surface area contributed by atoms with Gasteiger partial charge in [-0.3, -0.25) is 4.90 Å². The van der Waals surface area contributed by atoms with Gasteiger partial charge in [-0.1, -0.05) is 22.8 Å². The largest absolute Gasteiger partial charge is 0.386 e. The van der Waals surface area contributed by atoms with E-state index in [0.29, 0.717) is 5.92 Å². The summed E-state index contributed by atoms with van der Waals surface area (Å²) >= 11 is 6.01. The van der Waals surface area contributed by atoms with Crippen LogP contribution in [0.25, 0.3) is 0 Å². The number of anilines is 1. The molecule has 3 fully saturated rings. The highest BCUT2D eigenvalue weighted by Gasteiger charge is 2.52. The molecule has 0 amide bonds. The summed E-state index contributed by atoms with van der Waals surface area (Å²) in [6, 6.07) is 7.71. The molecular formula is C15H18ClN3O. The molecule has 5 heteroatoms. The maximum atomic E-state index is 6.01. The molecule has 2 bridgehead atoms. The zero-order chi connectivity index (χ0) is 13.6. The maximum Gasteiger partial charge on any atom is 0.160 e.